The van der Waals surface area contributed by atoms with E-state index in [1.165, 1.54) is 13.8 Å². The topological polar surface area (TPSA) is 168 Å². The average molecular weight is 371 g/mol. The molecule has 0 saturated carbocycles. The van der Waals surface area contributed by atoms with Crippen molar-refractivity contribution in [3.8, 4) is 18.2 Å². The van der Waals surface area contributed by atoms with Crippen LogP contribution in [0.25, 0.3) is 0 Å². The maximum atomic E-state index is 13.1. The number of azo groups is 1. The van der Waals surface area contributed by atoms with Crippen LogP contribution in [0.3, 0.4) is 0 Å². The van der Waals surface area contributed by atoms with E-state index in [1.807, 2.05) is 18.2 Å². The van der Waals surface area contributed by atoms with Gasteiger partial charge in [0.15, 0.2) is 11.6 Å². The third-order valence-electron chi connectivity index (χ3n) is 4.53. The number of hydrogen-bond acceptors (Lipinski definition) is 8. The molecule has 1 rings (SSSR count). The van der Waals surface area contributed by atoms with Gasteiger partial charge in [0, 0.05) is 24.2 Å². The fourth-order valence-corrected chi connectivity index (χ4v) is 3.00. The number of rotatable bonds is 9. The van der Waals surface area contributed by atoms with E-state index in [-0.39, 0.29) is 19.3 Å². The van der Waals surface area contributed by atoms with Gasteiger partial charge in [-0.15, -0.1) is 0 Å². The van der Waals surface area contributed by atoms with Crippen LogP contribution in [0.2, 0.25) is 0 Å². The zero-order valence-corrected chi connectivity index (χ0v) is 15.4. The number of aliphatic carboxylic acids is 1. The lowest BCUT2D eigenvalue weighted by Crippen LogP contribution is -2.51. The summed E-state index contributed by atoms with van der Waals surface area (Å²) in [7, 11) is 0. The number of hydrogen-bond donors (Lipinski definition) is 1. The van der Waals surface area contributed by atoms with Crippen LogP contribution in [0.15, 0.2) is 10.2 Å². The average Bonchev–Trinajstić information content (AvgIpc) is 2.95. The van der Waals surface area contributed by atoms with E-state index in [0.29, 0.717) is 0 Å². The second-order valence-corrected chi connectivity index (χ2v) is 6.98. The largest absolute Gasteiger partial charge is 0.481 e. The molecule has 27 heavy (non-hydrogen) atoms. The first-order valence-corrected chi connectivity index (χ1v) is 8.55. The van der Waals surface area contributed by atoms with E-state index in [0.717, 1.165) is 0 Å². The maximum absolute atomic E-state index is 13.1. The van der Waals surface area contributed by atoms with Gasteiger partial charge in [0.1, 0.15) is 12.0 Å². The Bertz CT molecular complexity index is 772. The second kappa shape index (κ2) is 9.00. The van der Waals surface area contributed by atoms with Crippen LogP contribution in [-0.2, 0) is 14.4 Å². The Morgan fingerprint density at radius 1 is 1.11 bits per heavy atom. The Morgan fingerprint density at radius 3 is 2.15 bits per heavy atom. The third kappa shape index (κ3) is 4.74. The fraction of sp³-hybridized carbons (Fsp3) is 0.667. The first-order chi connectivity index (χ1) is 12.6. The van der Waals surface area contributed by atoms with Gasteiger partial charge < -0.3 is 5.11 Å². The molecule has 0 spiro atoms. The highest BCUT2D eigenvalue weighted by molar-refractivity contribution is 6.19. The molecule has 0 saturated heterocycles. The van der Waals surface area contributed by atoms with Gasteiger partial charge in [-0.2, -0.15) is 26.0 Å². The second-order valence-electron chi connectivity index (χ2n) is 6.98. The third-order valence-corrected chi connectivity index (χ3v) is 4.53. The summed E-state index contributed by atoms with van der Waals surface area (Å²) in [4.78, 5) is 37.7. The number of ketones is 2. The van der Waals surface area contributed by atoms with Crippen molar-refractivity contribution in [2.45, 2.75) is 51.6 Å². The van der Waals surface area contributed by atoms with E-state index >= 15 is 0 Å². The van der Waals surface area contributed by atoms with Crippen LogP contribution in [0.1, 0.15) is 40.0 Å². The minimum absolute atomic E-state index is 0.0567. The fourth-order valence-electron chi connectivity index (χ4n) is 3.00. The molecule has 0 aromatic heterocycles. The summed E-state index contributed by atoms with van der Waals surface area (Å²) in [5, 5.41) is 44.2. The molecule has 0 bridgehead atoms. The van der Waals surface area contributed by atoms with Crippen LogP contribution in [0.4, 0.5) is 0 Å². The molecule has 1 aliphatic rings. The Hall–Kier alpha value is -3.12. The Balaban J connectivity index is 3.31. The molecule has 1 heterocycles. The minimum Gasteiger partial charge on any atom is -0.481 e. The number of carbonyl (C=O) groups excluding carboxylic acids is 2. The van der Waals surface area contributed by atoms with Gasteiger partial charge in [0.25, 0.3) is 0 Å². The number of nitrogens with zero attached hydrogens (tertiary/aromatic N) is 5. The Morgan fingerprint density at radius 2 is 1.67 bits per heavy atom. The molecule has 0 amide bonds. The highest BCUT2D eigenvalue weighted by Crippen LogP contribution is 2.37. The van der Waals surface area contributed by atoms with Crippen molar-refractivity contribution in [1.82, 2.24) is 0 Å². The van der Waals surface area contributed by atoms with Crippen molar-refractivity contribution in [2.24, 2.45) is 33.9 Å². The number of Topliss-reactive ketones (excluding diaryl/α,β-unsaturated/α-hetero) is 2. The smallest absolute Gasteiger partial charge is 0.314 e. The summed E-state index contributed by atoms with van der Waals surface area (Å²) in [6, 6.07) is 4.74. The number of carboxylic acids is 1. The first-order valence-electron chi connectivity index (χ1n) is 8.55. The summed E-state index contributed by atoms with van der Waals surface area (Å²) in [5.74, 6) is -6.68. The zero-order chi connectivity index (χ0) is 20.8. The van der Waals surface area contributed by atoms with E-state index < -0.39 is 52.8 Å². The van der Waals surface area contributed by atoms with Gasteiger partial charge in [-0.25, -0.2) is 0 Å². The van der Waals surface area contributed by atoms with E-state index in [1.54, 1.807) is 6.92 Å². The van der Waals surface area contributed by atoms with Crippen LogP contribution in [-0.4, -0.2) is 34.2 Å². The minimum atomic E-state index is -2.06. The molecular weight excluding hydrogens is 350 g/mol. The molecule has 1 aliphatic heterocycles. The van der Waals surface area contributed by atoms with Gasteiger partial charge in [0.05, 0.1) is 18.2 Å². The van der Waals surface area contributed by atoms with Crippen LogP contribution >= 0.6 is 0 Å². The van der Waals surface area contributed by atoms with Gasteiger partial charge in [0.2, 0.25) is 5.54 Å². The summed E-state index contributed by atoms with van der Waals surface area (Å²) < 4.78 is 0. The normalized spacial score (nSPS) is 25.5. The van der Waals surface area contributed by atoms with Crippen molar-refractivity contribution in [2.75, 3.05) is 0 Å². The first kappa shape index (κ1) is 21.9. The van der Waals surface area contributed by atoms with Crippen molar-refractivity contribution in [3.05, 3.63) is 0 Å². The van der Waals surface area contributed by atoms with E-state index in [4.69, 9.17) is 15.8 Å². The molecule has 1 N–H and O–H groups in total. The van der Waals surface area contributed by atoms with Crippen molar-refractivity contribution < 1.29 is 19.5 Å². The molecule has 0 radical (unpaired) electrons. The van der Waals surface area contributed by atoms with E-state index in [9.17, 15) is 19.5 Å². The van der Waals surface area contributed by atoms with Crippen molar-refractivity contribution in [1.29, 1.82) is 15.8 Å². The molecular formula is C18H21N5O4. The molecule has 9 nitrogen and oxygen atoms in total. The molecule has 9 heteroatoms. The van der Waals surface area contributed by atoms with Gasteiger partial charge in [-0.1, -0.05) is 0 Å². The summed E-state index contributed by atoms with van der Waals surface area (Å²) in [6.07, 6.45) is -0.497. The Labute approximate surface area is 157 Å². The zero-order valence-electron chi connectivity index (χ0n) is 15.4. The SMILES string of the molecule is CC(C#N)CC1N=NC(CC(C)C#N)(C(=O)C(CC(C)C#N)C(=O)O)C1=O. The molecule has 0 aromatic rings. The molecule has 0 fully saturated rings. The van der Waals surface area contributed by atoms with Gasteiger partial charge in [-0.05, 0) is 33.6 Å². The van der Waals surface area contributed by atoms with Crippen molar-refractivity contribution >= 4 is 17.5 Å². The van der Waals surface area contributed by atoms with Gasteiger partial charge >= 0.3 is 5.97 Å². The predicted octanol–water partition coefficient (Wildman–Crippen LogP) is 2.05. The monoisotopic (exact) mass is 371 g/mol. The molecule has 6 atom stereocenters. The highest BCUT2D eigenvalue weighted by Gasteiger charge is 2.56. The summed E-state index contributed by atoms with van der Waals surface area (Å²) >= 11 is 0. The standard InChI is InChI=1S/C18H21N5O4/c1-10(7-19)4-13(17(26)27)15(24)18(6-12(3)9-21)16(25)14(22-23-18)5-11(2)8-20/h10-14H,4-6H2,1-3H3,(H,26,27). The van der Waals surface area contributed by atoms with E-state index in [2.05, 4.69) is 10.2 Å². The quantitative estimate of drug-likeness (QED) is 0.605. The van der Waals surface area contributed by atoms with Crippen LogP contribution < -0.4 is 0 Å². The van der Waals surface area contributed by atoms with Crippen LogP contribution in [0, 0.1) is 57.7 Å². The highest BCUT2D eigenvalue weighted by atomic mass is 16.4. The van der Waals surface area contributed by atoms with Gasteiger partial charge in [-0.3, -0.25) is 14.4 Å². The summed E-state index contributed by atoms with van der Waals surface area (Å²) in [5.41, 5.74) is -2.06. The number of nitriles is 3. The Kier molecular flexibility index (Phi) is 7.31. The number of carboxylic acid groups (broad SMARTS) is 1. The maximum Gasteiger partial charge on any atom is 0.314 e. The lowest BCUT2D eigenvalue weighted by atomic mass is 9.73. The molecule has 0 aliphatic carbocycles. The van der Waals surface area contributed by atoms with Crippen LogP contribution in [0.5, 0.6) is 0 Å². The van der Waals surface area contributed by atoms with Crippen molar-refractivity contribution in [3.63, 3.8) is 0 Å². The molecule has 6 unspecified atom stereocenters. The molecule has 142 valence electrons. The summed E-state index contributed by atoms with van der Waals surface area (Å²) in [6.45, 7) is 4.57. The number of carbonyl (C=O) groups is 3. The molecule has 0 aromatic carbocycles. The predicted molar refractivity (Wildman–Crippen MR) is 90.7 cm³/mol. The lowest BCUT2D eigenvalue weighted by Gasteiger charge is -2.27. The lowest BCUT2D eigenvalue weighted by molar-refractivity contribution is -0.149.